The van der Waals surface area contributed by atoms with Gasteiger partial charge in [0.1, 0.15) is 18.8 Å². The van der Waals surface area contributed by atoms with Crippen molar-refractivity contribution in [2.75, 3.05) is 0 Å². The molecular formula is C28H21ClN4O6. The summed E-state index contributed by atoms with van der Waals surface area (Å²) in [7, 11) is 0. The summed E-state index contributed by atoms with van der Waals surface area (Å²) >= 11 is 6.19. The van der Waals surface area contributed by atoms with Crippen molar-refractivity contribution in [1.82, 2.24) is 10.1 Å². The molecule has 0 fully saturated rings. The highest BCUT2D eigenvalue weighted by molar-refractivity contribution is 6.31. The smallest absolute Gasteiger partial charge is 0.315 e. The Labute approximate surface area is 227 Å². The first kappa shape index (κ1) is 25.7. The largest absolute Gasteiger partial charge is 0.617 e. The molecule has 0 aliphatic carbocycles. The molecule has 0 saturated heterocycles. The zero-order valence-electron chi connectivity index (χ0n) is 20.6. The van der Waals surface area contributed by atoms with Gasteiger partial charge in [-0.15, -0.1) is 0 Å². The Hall–Kier alpha value is -4.96. The molecule has 0 amide bonds. The second kappa shape index (κ2) is 11.2. The lowest BCUT2D eigenvalue weighted by atomic mass is 10.1. The fourth-order valence-corrected chi connectivity index (χ4v) is 4.07. The number of hydrogen-bond donors (Lipinski definition) is 0. The molecule has 0 unspecified atom stereocenters. The molecule has 0 N–H and O–H groups in total. The van der Waals surface area contributed by atoms with Crippen molar-refractivity contribution in [2.24, 2.45) is 0 Å². The lowest BCUT2D eigenvalue weighted by Crippen LogP contribution is -2.31. The monoisotopic (exact) mass is 544 g/mol. The molecule has 2 heterocycles. The number of aromatic nitrogens is 3. The number of nitro groups is 1. The van der Waals surface area contributed by atoms with Gasteiger partial charge in [0.05, 0.1) is 10.5 Å². The maximum Gasteiger partial charge on any atom is 0.315 e. The molecule has 39 heavy (non-hydrogen) atoms. The van der Waals surface area contributed by atoms with E-state index in [-0.39, 0.29) is 58.4 Å². The maximum atomic E-state index is 12.2. The molecular weight excluding hydrogens is 524 g/mol. The summed E-state index contributed by atoms with van der Waals surface area (Å²) < 4.78 is 17.9. The molecule has 196 valence electrons. The molecule has 11 heteroatoms. The van der Waals surface area contributed by atoms with Gasteiger partial charge in [-0.05, 0) is 34.9 Å². The number of benzene rings is 3. The van der Waals surface area contributed by atoms with Crippen molar-refractivity contribution >= 4 is 17.3 Å². The van der Waals surface area contributed by atoms with Crippen LogP contribution in [-0.4, -0.2) is 15.1 Å². The van der Waals surface area contributed by atoms with Crippen molar-refractivity contribution in [2.45, 2.75) is 20.1 Å². The van der Waals surface area contributed by atoms with Crippen LogP contribution in [0.1, 0.15) is 16.8 Å². The van der Waals surface area contributed by atoms with Crippen molar-refractivity contribution in [3.05, 3.63) is 122 Å². The third-order valence-corrected chi connectivity index (χ3v) is 6.18. The number of aryl methyl sites for hydroxylation is 1. The predicted octanol–water partition coefficient (Wildman–Crippen LogP) is 6.07. The van der Waals surface area contributed by atoms with E-state index in [0.29, 0.717) is 10.4 Å². The third kappa shape index (κ3) is 5.65. The standard InChI is InChI=1S/C28H21ClN4O6/c1-18-12-13-22(26(29)32(18)34)27-30-28(39-31-27)21-14-23(33(35)36)25(38-17-20-10-6-3-7-11-20)24(15-21)37-16-19-8-4-2-5-9-19/h2-15H,16-17H2,1H3. The average Bonchev–Trinajstić information content (AvgIpc) is 3.45. The van der Waals surface area contributed by atoms with Gasteiger partial charge in [0, 0.05) is 19.1 Å². The van der Waals surface area contributed by atoms with Crippen molar-refractivity contribution in [3.8, 4) is 34.3 Å². The minimum atomic E-state index is -0.562. The lowest BCUT2D eigenvalue weighted by molar-refractivity contribution is -0.609. The van der Waals surface area contributed by atoms with Crippen LogP contribution in [0.2, 0.25) is 5.15 Å². The molecule has 2 aromatic heterocycles. The van der Waals surface area contributed by atoms with Crippen LogP contribution in [0.5, 0.6) is 11.5 Å². The van der Waals surface area contributed by atoms with E-state index >= 15 is 0 Å². The van der Waals surface area contributed by atoms with Gasteiger partial charge in [-0.25, -0.2) is 0 Å². The number of halogens is 1. The number of nitro benzene ring substituents is 1. The highest BCUT2D eigenvalue weighted by atomic mass is 35.5. The predicted molar refractivity (Wildman–Crippen MR) is 142 cm³/mol. The average molecular weight is 545 g/mol. The molecule has 0 aliphatic heterocycles. The second-order valence-electron chi connectivity index (χ2n) is 8.53. The Bertz CT molecular complexity index is 1630. The molecule has 5 rings (SSSR count). The van der Waals surface area contributed by atoms with Gasteiger partial charge < -0.3 is 19.2 Å². The minimum Gasteiger partial charge on any atom is -0.617 e. The normalized spacial score (nSPS) is 10.8. The minimum absolute atomic E-state index is 0.0265. The zero-order chi connectivity index (χ0) is 27.4. The van der Waals surface area contributed by atoms with E-state index in [1.165, 1.54) is 12.1 Å². The molecule has 0 spiro atoms. The van der Waals surface area contributed by atoms with E-state index in [4.69, 9.17) is 25.6 Å². The van der Waals surface area contributed by atoms with Crippen LogP contribution in [0.25, 0.3) is 22.8 Å². The van der Waals surface area contributed by atoms with Gasteiger partial charge in [-0.1, -0.05) is 65.8 Å². The van der Waals surface area contributed by atoms with E-state index in [0.717, 1.165) is 11.1 Å². The number of hydrogen-bond acceptors (Lipinski definition) is 8. The lowest BCUT2D eigenvalue weighted by Gasteiger charge is -2.14. The van der Waals surface area contributed by atoms with E-state index in [1.807, 2.05) is 60.7 Å². The van der Waals surface area contributed by atoms with Crippen LogP contribution in [0.3, 0.4) is 0 Å². The summed E-state index contributed by atoms with van der Waals surface area (Å²) in [5.74, 6) is 0.126. The quantitative estimate of drug-likeness (QED) is 0.0719. The second-order valence-corrected chi connectivity index (χ2v) is 8.88. The fourth-order valence-electron chi connectivity index (χ4n) is 3.79. The van der Waals surface area contributed by atoms with Gasteiger partial charge >= 0.3 is 5.69 Å². The van der Waals surface area contributed by atoms with Crippen LogP contribution in [0.15, 0.2) is 89.5 Å². The van der Waals surface area contributed by atoms with Crippen LogP contribution in [0.4, 0.5) is 5.69 Å². The molecule has 5 aromatic rings. The van der Waals surface area contributed by atoms with E-state index in [2.05, 4.69) is 10.1 Å². The third-order valence-electron chi connectivity index (χ3n) is 5.82. The SMILES string of the molecule is Cc1ccc(-c2noc(-c3cc(OCc4ccccc4)c(OCc4ccccc4)c([N+](=O)[O-])c3)n2)c(Cl)[n+]1[O-]. The molecule has 3 aromatic carbocycles. The van der Waals surface area contributed by atoms with E-state index < -0.39 is 4.92 Å². The van der Waals surface area contributed by atoms with Gasteiger partial charge in [0.15, 0.2) is 11.4 Å². The Morgan fingerprint density at radius 2 is 1.59 bits per heavy atom. The van der Waals surface area contributed by atoms with Crippen molar-refractivity contribution in [3.63, 3.8) is 0 Å². The van der Waals surface area contributed by atoms with Crippen LogP contribution in [0, 0.1) is 22.2 Å². The van der Waals surface area contributed by atoms with Gasteiger partial charge in [-0.2, -0.15) is 9.71 Å². The van der Waals surface area contributed by atoms with Gasteiger partial charge in [0.25, 0.3) is 11.0 Å². The summed E-state index contributed by atoms with van der Waals surface area (Å²) in [5, 5.41) is 28.1. The van der Waals surface area contributed by atoms with Crippen molar-refractivity contribution in [1.29, 1.82) is 0 Å². The van der Waals surface area contributed by atoms with Crippen molar-refractivity contribution < 1.29 is 23.7 Å². The first-order valence-electron chi connectivity index (χ1n) is 11.8. The highest BCUT2D eigenvalue weighted by Gasteiger charge is 2.27. The number of ether oxygens (including phenoxy) is 2. The topological polar surface area (TPSA) is 127 Å². The highest BCUT2D eigenvalue weighted by Crippen LogP contribution is 2.42. The summed E-state index contributed by atoms with van der Waals surface area (Å²) in [6.07, 6.45) is 0. The molecule has 0 aliphatic rings. The molecule has 0 atom stereocenters. The summed E-state index contributed by atoms with van der Waals surface area (Å²) in [5.41, 5.74) is 2.24. The molecule has 0 radical (unpaired) electrons. The Morgan fingerprint density at radius 1 is 0.949 bits per heavy atom. The Balaban J connectivity index is 1.54. The number of nitrogens with zero attached hydrogens (tertiary/aromatic N) is 4. The van der Waals surface area contributed by atoms with Gasteiger partial charge in [0.2, 0.25) is 11.6 Å². The summed E-state index contributed by atoms with van der Waals surface area (Å²) in [6.45, 7) is 1.84. The maximum absolute atomic E-state index is 12.2. The Kier molecular flexibility index (Phi) is 7.37. The summed E-state index contributed by atoms with van der Waals surface area (Å²) in [6, 6.07) is 24.6. The van der Waals surface area contributed by atoms with Gasteiger partial charge in [-0.3, -0.25) is 10.1 Å². The van der Waals surface area contributed by atoms with E-state index in [1.54, 1.807) is 19.1 Å². The van der Waals surface area contributed by atoms with E-state index in [9.17, 15) is 15.3 Å². The van der Waals surface area contributed by atoms with Crippen LogP contribution >= 0.6 is 11.6 Å². The molecule has 10 nitrogen and oxygen atoms in total. The number of pyridine rings is 1. The zero-order valence-corrected chi connectivity index (χ0v) is 21.4. The molecule has 0 saturated carbocycles. The van der Waals surface area contributed by atoms with Crippen LogP contribution in [-0.2, 0) is 13.2 Å². The number of rotatable bonds is 9. The van der Waals surface area contributed by atoms with Crippen LogP contribution < -0.4 is 14.2 Å². The molecule has 0 bridgehead atoms. The summed E-state index contributed by atoms with van der Waals surface area (Å²) in [4.78, 5) is 15.9. The first-order valence-corrected chi connectivity index (χ1v) is 12.2. The first-order chi connectivity index (χ1) is 18.9. The Morgan fingerprint density at radius 3 is 2.23 bits per heavy atom. The fraction of sp³-hybridized carbons (Fsp3) is 0.107.